The second-order valence-corrected chi connectivity index (χ2v) is 10.2. The normalized spacial score (nSPS) is 12.7. The number of aliphatic hydroxyl groups is 1. The topological polar surface area (TPSA) is 117 Å². The number of hydrogen-bond acceptors (Lipinski definition) is 6. The zero-order chi connectivity index (χ0) is 28.5. The van der Waals surface area contributed by atoms with Gasteiger partial charge < -0.3 is 30.1 Å². The van der Waals surface area contributed by atoms with Crippen molar-refractivity contribution in [1.82, 2.24) is 10.2 Å². The van der Waals surface area contributed by atoms with E-state index in [1.165, 1.54) is 4.90 Å². The van der Waals surface area contributed by atoms with E-state index in [0.29, 0.717) is 23.4 Å². The highest BCUT2D eigenvalue weighted by Gasteiger charge is 2.37. The smallest absolute Gasteiger partial charge is 0.408 e. The van der Waals surface area contributed by atoms with Crippen LogP contribution in [0.15, 0.2) is 42.5 Å². The van der Waals surface area contributed by atoms with Gasteiger partial charge in [0, 0.05) is 12.2 Å². The molecule has 2 unspecified atom stereocenters. The van der Waals surface area contributed by atoms with Crippen molar-refractivity contribution in [2.45, 2.75) is 72.1 Å². The molecule has 0 aliphatic heterocycles. The standard InChI is InChI=1S/C29H41N3O6/c1-8-9-17-32(27(35)23(18-33)31-28(36)38-29(4,5)6)25(24-19(2)11-10-12-20(24)3)26(34)30-21-13-15-22(37-7)16-14-21/h10-16,23,25,33H,8-9,17-18H2,1-7H3,(H,30,34)(H,31,36). The largest absolute Gasteiger partial charge is 0.497 e. The molecule has 2 atom stereocenters. The molecule has 0 aliphatic rings. The van der Waals surface area contributed by atoms with E-state index in [-0.39, 0.29) is 6.54 Å². The molecule has 0 radical (unpaired) electrons. The van der Waals surface area contributed by atoms with Crippen LogP contribution in [-0.2, 0) is 14.3 Å². The fourth-order valence-corrected chi connectivity index (χ4v) is 4.10. The third kappa shape index (κ3) is 8.48. The van der Waals surface area contributed by atoms with E-state index in [2.05, 4.69) is 10.6 Å². The Hall–Kier alpha value is -3.59. The Labute approximate surface area is 225 Å². The van der Waals surface area contributed by atoms with Crippen molar-refractivity contribution in [1.29, 1.82) is 0 Å². The molecule has 0 saturated heterocycles. The third-order valence-corrected chi connectivity index (χ3v) is 5.94. The van der Waals surface area contributed by atoms with Crippen molar-refractivity contribution in [2.24, 2.45) is 0 Å². The maximum absolute atomic E-state index is 13.9. The summed E-state index contributed by atoms with van der Waals surface area (Å²) in [6, 6.07) is 10.3. The van der Waals surface area contributed by atoms with Crippen molar-refractivity contribution in [3.63, 3.8) is 0 Å². The maximum Gasteiger partial charge on any atom is 0.408 e. The number of amides is 3. The predicted octanol–water partition coefficient (Wildman–Crippen LogP) is 4.51. The first-order valence-corrected chi connectivity index (χ1v) is 12.8. The number of carbonyl (C=O) groups is 3. The number of aryl methyl sites for hydroxylation is 2. The molecule has 2 aromatic carbocycles. The number of alkyl carbamates (subject to hydrolysis) is 1. The van der Waals surface area contributed by atoms with Crippen LogP contribution in [0.5, 0.6) is 5.75 Å². The minimum atomic E-state index is -1.29. The van der Waals surface area contributed by atoms with Gasteiger partial charge in [0.1, 0.15) is 23.4 Å². The van der Waals surface area contributed by atoms with Crippen LogP contribution in [0, 0.1) is 13.8 Å². The number of benzene rings is 2. The van der Waals surface area contributed by atoms with Crippen LogP contribution in [-0.4, -0.2) is 59.8 Å². The molecular weight excluding hydrogens is 486 g/mol. The molecule has 38 heavy (non-hydrogen) atoms. The summed E-state index contributed by atoms with van der Waals surface area (Å²) in [6.07, 6.45) is 0.562. The van der Waals surface area contributed by atoms with Crippen molar-refractivity contribution in [3.8, 4) is 5.75 Å². The molecule has 3 N–H and O–H groups in total. The molecule has 2 rings (SSSR count). The number of aliphatic hydroxyl groups excluding tert-OH is 1. The second kappa shape index (κ2) is 13.8. The lowest BCUT2D eigenvalue weighted by atomic mass is 9.93. The molecule has 0 fully saturated rings. The molecule has 9 nitrogen and oxygen atoms in total. The number of nitrogens with zero attached hydrogens (tertiary/aromatic N) is 1. The van der Waals surface area contributed by atoms with Crippen molar-refractivity contribution in [2.75, 3.05) is 25.6 Å². The second-order valence-electron chi connectivity index (χ2n) is 10.2. The first-order chi connectivity index (χ1) is 17.9. The maximum atomic E-state index is 13.9. The summed E-state index contributed by atoms with van der Waals surface area (Å²) in [5.74, 6) is -0.344. The average Bonchev–Trinajstić information content (AvgIpc) is 2.85. The van der Waals surface area contributed by atoms with E-state index in [1.807, 2.05) is 39.0 Å². The molecule has 0 saturated carbocycles. The molecule has 2 aromatic rings. The van der Waals surface area contributed by atoms with Crippen molar-refractivity contribution >= 4 is 23.6 Å². The molecule has 0 bridgehead atoms. The van der Waals surface area contributed by atoms with Gasteiger partial charge in [0.25, 0.3) is 5.91 Å². The van der Waals surface area contributed by atoms with Crippen LogP contribution in [0.25, 0.3) is 0 Å². The number of methoxy groups -OCH3 is 1. The summed E-state index contributed by atoms with van der Waals surface area (Å²) in [4.78, 5) is 41.6. The number of hydrogen-bond donors (Lipinski definition) is 3. The van der Waals surface area contributed by atoms with E-state index >= 15 is 0 Å². The first kappa shape index (κ1) is 30.6. The van der Waals surface area contributed by atoms with Gasteiger partial charge in [-0.2, -0.15) is 0 Å². The number of unbranched alkanes of at least 4 members (excludes halogenated alkanes) is 1. The lowest BCUT2D eigenvalue weighted by Crippen LogP contribution is -2.54. The number of ether oxygens (including phenoxy) is 2. The SMILES string of the molecule is CCCCN(C(=O)C(CO)NC(=O)OC(C)(C)C)C(C(=O)Nc1ccc(OC)cc1)c1c(C)cccc1C. The van der Waals surface area contributed by atoms with E-state index < -0.39 is 42.2 Å². The summed E-state index contributed by atoms with van der Waals surface area (Å²) in [6.45, 7) is 10.5. The summed E-state index contributed by atoms with van der Waals surface area (Å²) in [5, 5.41) is 15.5. The Morgan fingerprint density at radius 2 is 1.63 bits per heavy atom. The van der Waals surface area contributed by atoms with Crippen molar-refractivity contribution in [3.05, 3.63) is 59.2 Å². The van der Waals surface area contributed by atoms with E-state index in [9.17, 15) is 19.5 Å². The molecule has 208 valence electrons. The molecule has 0 aromatic heterocycles. The Kier molecular flexibility index (Phi) is 11.1. The van der Waals surface area contributed by atoms with Crippen LogP contribution in [0.4, 0.5) is 10.5 Å². The minimum Gasteiger partial charge on any atom is -0.497 e. The molecular formula is C29H41N3O6. The Morgan fingerprint density at radius 3 is 2.13 bits per heavy atom. The third-order valence-electron chi connectivity index (χ3n) is 5.94. The number of anilines is 1. The quantitative estimate of drug-likeness (QED) is 0.396. The van der Waals surface area contributed by atoms with Gasteiger partial charge in [-0.25, -0.2) is 4.79 Å². The van der Waals surface area contributed by atoms with Crippen LogP contribution >= 0.6 is 0 Å². The van der Waals surface area contributed by atoms with Gasteiger partial charge in [-0.3, -0.25) is 9.59 Å². The summed E-state index contributed by atoms with van der Waals surface area (Å²) in [5.41, 5.74) is 2.13. The van der Waals surface area contributed by atoms with Crippen LogP contribution < -0.4 is 15.4 Å². The minimum absolute atomic E-state index is 0.246. The highest BCUT2D eigenvalue weighted by atomic mass is 16.6. The highest BCUT2D eigenvalue weighted by Crippen LogP contribution is 2.30. The Bertz CT molecular complexity index is 1070. The average molecular weight is 528 g/mol. The molecule has 0 aliphatic carbocycles. The number of carbonyl (C=O) groups excluding carboxylic acids is 3. The molecule has 9 heteroatoms. The molecule has 3 amide bonds. The Morgan fingerprint density at radius 1 is 1.03 bits per heavy atom. The Balaban J connectivity index is 2.52. The van der Waals surface area contributed by atoms with Crippen LogP contribution in [0.3, 0.4) is 0 Å². The monoisotopic (exact) mass is 527 g/mol. The van der Waals surface area contributed by atoms with Gasteiger partial charge in [0.2, 0.25) is 5.91 Å². The van der Waals surface area contributed by atoms with Crippen LogP contribution in [0.2, 0.25) is 0 Å². The zero-order valence-electron chi connectivity index (χ0n) is 23.5. The molecule has 0 spiro atoms. The number of nitrogens with one attached hydrogen (secondary N) is 2. The predicted molar refractivity (Wildman–Crippen MR) is 147 cm³/mol. The summed E-state index contributed by atoms with van der Waals surface area (Å²) in [7, 11) is 1.56. The highest BCUT2D eigenvalue weighted by molar-refractivity contribution is 5.99. The zero-order valence-corrected chi connectivity index (χ0v) is 23.5. The van der Waals surface area contributed by atoms with Gasteiger partial charge in [-0.05, 0) is 82.0 Å². The van der Waals surface area contributed by atoms with E-state index in [1.54, 1.807) is 52.1 Å². The summed E-state index contributed by atoms with van der Waals surface area (Å²) >= 11 is 0. The van der Waals surface area contributed by atoms with Gasteiger partial charge in [0.15, 0.2) is 0 Å². The lowest BCUT2D eigenvalue weighted by Gasteiger charge is -2.35. The number of rotatable bonds is 11. The lowest BCUT2D eigenvalue weighted by molar-refractivity contribution is -0.141. The first-order valence-electron chi connectivity index (χ1n) is 12.8. The van der Waals surface area contributed by atoms with E-state index in [0.717, 1.165) is 17.5 Å². The van der Waals surface area contributed by atoms with Gasteiger partial charge in [0.05, 0.1) is 13.7 Å². The van der Waals surface area contributed by atoms with E-state index in [4.69, 9.17) is 9.47 Å². The molecule has 0 heterocycles. The van der Waals surface area contributed by atoms with Gasteiger partial charge >= 0.3 is 6.09 Å². The van der Waals surface area contributed by atoms with Gasteiger partial charge in [-0.15, -0.1) is 0 Å². The summed E-state index contributed by atoms with van der Waals surface area (Å²) < 4.78 is 10.5. The van der Waals surface area contributed by atoms with Crippen LogP contribution in [0.1, 0.15) is 63.3 Å². The van der Waals surface area contributed by atoms with Gasteiger partial charge in [-0.1, -0.05) is 31.5 Å². The van der Waals surface area contributed by atoms with Crippen molar-refractivity contribution < 1.29 is 29.0 Å². The fourth-order valence-electron chi connectivity index (χ4n) is 4.10. The fraction of sp³-hybridized carbons (Fsp3) is 0.483.